The molecule has 0 fully saturated rings. The van der Waals surface area contributed by atoms with Crippen molar-refractivity contribution in [2.45, 2.75) is 19.9 Å². The number of nitrogens with zero attached hydrogens (tertiary/aromatic N) is 1. The maximum Gasteiger partial charge on any atom is 0.258 e. The van der Waals surface area contributed by atoms with Gasteiger partial charge in [0.1, 0.15) is 0 Å². The highest BCUT2D eigenvalue weighted by Gasteiger charge is 2.32. The zero-order valence-corrected chi connectivity index (χ0v) is 14.5. The Morgan fingerprint density at radius 1 is 1.04 bits per heavy atom. The lowest BCUT2D eigenvalue weighted by atomic mass is 10.1. The predicted octanol–water partition coefficient (Wildman–Crippen LogP) is 3.26. The maximum absolute atomic E-state index is 13.1. The Labute approximate surface area is 142 Å². The molecule has 3 rings (SSSR count). The van der Waals surface area contributed by atoms with Crippen LogP contribution in [0, 0.1) is 13.8 Å². The van der Waals surface area contributed by atoms with Crippen molar-refractivity contribution < 1.29 is 13.2 Å². The van der Waals surface area contributed by atoms with Gasteiger partial charge in [0.25, 0.3) is 5.91 Å². The van der Waals surface area contributed by atoms with Gasteiger partial charge in [0, 0.05) is 16.7 Å². The van der Waals surface area contributed by atoms with Gasteiger partial charge in [-0.25, -0.2) is 8.42 Å². The van der Waals surface area contributed by atoms with Gasteiger partial charge in [0.05, 0.1) is 11.8 Å². The second kappa shape index (κ2) is 6.24. The van der Waals surface area contributed by atoms with E-state index in [2.05, 4.69) is 0 Å². The molecule has 1 aliphatic rings. The number of hydrogen-bond acceptors (Lipinski definition) is 3. The first-order valence-corrected chi connectivity index (χ1v) is 9.45. The smallest absolute Gasteiger partial charge is 0.258 e. The summed E-state index contributed by atoms with van der Waals surface area (Å²) >= 11 is 0. The molecule has 2 aromatic carbocycles. The lowest BCUT2D eigenvalue weighted by molar-refractivity contribution is 0.0983. The molecule has 24 heavy (non-hydrogen) atoms. The molecule has 0 saturated heterocycles. The van der Waals surface area contributed by atoms with Crippen molar-refractivity contribution in [1.82, 2.24) is 0 Å². The van der Waals surface area contributed by atoms with Crippen LogP contribution in [0.25, 0.3) is 0 Å². The van der Waals surface area contributed by atoms with Gasteiger partial charge in [-0.05, 0) is 49.8 Å². The number of sulfone groups is 1. The molecule has 0 N–H and O–H groups in total. The SMILES string of the molecule is Cc1cccc(C(=O)N(c2cccc(C)c2)[C@H]2C=CS(=O)(=O)C2)c1. The van der Waals surface area contributed by atoms with Gasteiger partial charge in [0.2, 0.25) is 0 Å². The summed E-state index contributed by atoms with van der Waals surface area (Å²) in [4.78, 5) is 14.7. The third kappa shape index (κ3) is 3.41. The number of amides is 1. The van der Waals surface area contributed by atoms with Crippen molar-refractivity contribution in [2.75, 3.05) is 10.7 Å². The molecule has 0 radical (unpaired) electrons. The van der Waals surface area contributed by atoms with Gasteiger partial charge in [0.15, 0.2) is 9.84 Å². The number of hydrogen-bond donors (Lipinski definition) is 0. The molecule has 0 saturated carbocycles. The Kier molecular flexibility index (Phi) is 4.28. The quantitative estimate of drug-likeness (QED) is 0.861. The highest BCUT2D eigenvalue weighted by molar-refractivity contribution is 7.94. The van der Waals surface area contributed by atoms with Crippen LogP contribution < -0.4 is 4.90 Å². The van der Waals surface area contributed by atoms with E-state index in [-0.39, 0.29) is 11.7 Å². The number of carbonyl (C=O) groups excluding carboxylic acids is 1. The summed E-state index contributed by atoms with van der Waals surface area (Å²) in [5.74, 6) is -0.283. The summed E-state index contributed by atoms with van der Waals surface area (Å²) in [6, 6.07) is 14.4. The Balaban J connectivity index is 2.05. The second-order valence-electron chi connectivity index (χ2n) is 6.11. The summed E-state index contributed by atoms with van der Waals surface area (Å²) in [5.41, 5.74) is 3.25. The third-order valence-corrected chi connectivity index (χ3v) is 5.38. The fraction of sp³-hybridized carbons (Fsp3) is 0.211. The van der Waals surface area contributed by atoms with Crippen molar-refractivity contribution in [3.8, 4) is 0 Å². The molecule has 0 bridgehead atoms. The monoisotopic (exact) mass is 341 g/mol. The first-order valence-electron chi connectivity index (χ1n) is 7.73. The molecule has 0 aromatic heterocycles. The summed E-state index contributed by atoms with van der Waals surface area (Å²) in [5, 5.41) is 1.20. The first-order chi connectivity index (χ1) is 11.4. The van der Waals surface area contributed by atoms with E-state index in [9.17, 15) is 13.2 Å². The number of carbonyl (C=O) groups is 1. The summed E-state index contributed by atoms with van der Waals surface area (Å²) in [6.07, 6.45) is 1.59. The molecule has 1 aliphatic heterocycles. The minimum atomic E-state index is -3.26. The highest BCUT2D eigenvalue weighted by atomic mass is 32.2. The Morgan fingerprint density at radius 3 is 2.29 bits per heavy atom. The van der Waals surface area contributed by atoms with Gasteiger partial charge in [-0.1, -0.05) is 29.8 Å². The van der Waals surface area contributed by atoms with Crippen LogP contribution >= 0.6 is 0 Å². The fourth-order valence-corrected chi connectivity index (χ4v) is 4.14. The third-order valence-electron chi connectivity index (χ3n) is 4.01. The molecule has 4 nitrogen and oxygen atoms in total. The number of benzene rings is 2. The average molecular weight is 341 g/mol. The number of anilines is 1. The highest BCUT2D eigenvalue weighted by Crippen LogP contribution is 2.26. The molecule has 2 aromatic rings. The summed E-state index contributed by atoms with van der Waals surface area (Å²) in [7, 11) is -3.26. The maximum atomic E-state index is 13.1. The normalized spacial score (nSPS) is 18.5. The van der Waals surface area contributed by atoms with Crippen LogP contribution in [0.15, 0.2) is 60.0 Å². The molecular formula is C19H19NO3S. The van der Waals surface area contributed by atoms with E-state index in [4.69, 9.17) is 0 Å². The van der Waals surface area contributed by atoms with Gasteiger partial charge in [-0.3, -0.25) is 4.79 Å². The molecule has 0 unspecified atom stereocenters. The molecular weight excluding hydrogens is 322 g/mol. The van der Waals surface area contributed by atoms with Crippen LogP contribution in [-0.2, 0) is 9.84 Å². The van der Waals surface area contributed by atoms with Crippen molar-refractivity contribution in [2.24, 2.45) is 0 Å². The van der Waals surface area contributed by atoms with Crippen LogP contribution in [0.4, 0.5) is 5.69 Å². The van der Waals surface area contributed by atoms with Crippen molar-refractivity contribution in [3.05, 3.63) is 76.7 Å². The van der Waals surface area contributed by atoms with Crippen LogP contribution in [0.2, 0.25) is 0 Å². The van der Waals surface area contributed by atoms with E-state index in [0.29, 0.717) is 11.3 Å². The Bertz CT molecular complexity index is 916. The van der Waals surface area contributed by atoms with Crippen LogP contribution in [-0.4, -0.2) is 26.1 Å². The van der Waals surface area contributed by atoms with Crippen LogP contribution in [0.3, 0.4) is 0 Å². The minimum Gasteiger partial charge on any atom is -0.300 e. The van der Waals surface area contributed by atoms with E-state index in [1.807, 2.05) is 56.3 Å². The largest absolute Gasteiger partial charge is 0.300 e. The van der Waals surface area contributed by atoms with E-state index >= 15 is 0 Å². The summed E-state index contributed by atoms with van der Waals surface area (Å²) in [6.45, 7) is 3.87. The van der Waals surface area contributed by atoms with Crippen LogP contribution in [0.5, 0.6) is 0 Å². The summed E-state index contributed by atoms with van der Waals surface area (Å²) < 4.78 is 23.7. The van der Waals surface area contributed by atoms with E-state index in [1.54, 1.807) is 17.0 Å². The lowest BCUT2D eigenvalue weighted by Gasteiger charge is -2.28. The molecule has 0 aliphatic carbocycles. The molecule has 5 heteroatoms. The van der Waals surface area contributed by atoms with Gasteiger partial charge in [-0.15, -0.1) is 0 Å². The molecule has 1 heterocycles. The number of aryl methyl sites for hydroxylation is 2. The van der Waals surface area contributed by atoms with Crippen molar-refractivity contribution in [3.63, 3.8) is 0 Å². The predicted molar refractivity (Wildman–Crippen MR) is 95.9 cm³/mol. The molecule has 0 spiro atoms. The Hall–Kier alpha value is -2.40. The second-order valence-corrected chi connectivity index (χ2v) is 8.04. The van der Waals surface area contributed by atoms with Crippen molar-refractivity contribution >= 4 is 21.4 Å². The molecule has 124 valence electrons. The fourth-order valence-electron chi connectivity index (χ4n) is 2.87. The van der Waals surface area contributed by atoms with E-state index in [1.165, 1.54) is 5.41 Å². The molecule has 1 atom stereocenters. The minimum absolute atomic E-state index is 0.0848. The zero-order valence-electron chi connectivity index (χ0n) is 13.6. The van der Waals surface area contributed by atoms with E-state index < -0.39 is 15.9 Å². The lowest BCUT2D eigenvalue weighted by Crippen LogP contribution is -2.41. The van der Waals surface area contributed by atoms with Gasteiger partial charge >= 0.3 is 0 Å². The first kappa shape index (κ1) is 16.5. The zero-order chi connectivity index (χ0) is 17.3. The van der Waals surface area contributed by atoms with E-state index in [0.717, 1.165) is 11.1 Å². The van der Waals surface area contributed by atoms with Gasteiger partial charge in [-0.2, -0.15) is 0 Å². The average Bonchev–Trinajstić information content (AvgIpc) is 2.87. The molecule has 1 amide bonds. The number of rotatable bonds is 3. The standard InChI is InChI=1S/C19H19NO3S/c1-14-5-3-7-16(11-14)19(21)20(17-8-4-6-15(2)12-17)18-9-10-24(22,23)13-18/h3-12,18H,13H2,1-2H3/t18-/m0/s1. The van der Waals surface area contributed by atoms with Gasteiger partial charge < -0.3 is 4.90 Å². The van der Waals surface area contributed by atoms with Crippen LogP contribution in [0.1, 0.15) is 21.5 Å². The topological polar surface area (TPSA) is 54.5 Å². The Morgan fingerprint density at radius 2 is 1.71 bits per heavy atom. The van der Waals surface area contributed by atoms with Crippen molar-refractivity contribution in [1.29, 1.82) is 0 Å².